The van der Waals surface area contributed by atoms with Crippen LogP contribution in [0.2, 0.25) is 0 Å². The number of nitrogens with one attached hydrogen (secondary N) is 1. The van der Waals surface area contributed by atoms with Gasteiger partial charge in [-0.1, -0.05) is 109 Å². The molecule has 0 aromatic carbocycles. The summed E-state index contributed by atoms with van der Waals surface area (Å²) < 4.78 is 12.8. The lowest BCUT2D eigenvalue weighted by molar-refractivity contribution is -0.701. The fraction of sp³-hybridized carbons (Fsp3) is 0.771. The first-order valence-electron chi connectivity index (χ1n) is 17.4. The zero-order chi connectivity index (χ0) is 31.8. The second-order valence-electron chi connectivity index (χ2n) is 12.1. The van der Waals surface area contributed by atoms with Gasteiger partial charge in [-0.3, -0.25) is 4.79 Å². The molecule has 0 spiro atoms. The Kier molecular flexibility index (Phi) is 20.7. The average molecular weight is 635 g/mol. The minimum atomic E-state index is -0.627. The van der Waals surface area contributed by atoms with E-state index in [1.165, 1.54) is 96.8 Å². The molecule has 1 N–H and O–H groups in total. The molecule has 1 aromatic rings. The first-order chi connectivity index (χ1) is 21.4. The Hall–Kier alpha value is -2.29. The molecular weight excluding hydrogens is 574 g/mol. The fourth-order valence-corrected chi connectivity index (χ4v) is 6.69. The lowest BCUT2D eigenvalue weighted by atomic mass is 10.0. The topological polar surface area (TPSA) is 88.8 Å². The first kappa shape index (κ1) is 37.9. The molecule has 250 valence electrons. The summed E-state index contributed by atoms with van der Waals surface area (Å²) in [4.78, 5) is 37.9. The SMILES string of the molecule is CCCCCCCCCCCCCCCCCCNC(=O)OC[C@H]1C[C@H](COC(=O)N(Cc2cccc[n+]2CC)C(C)=O)S1. The van der Waals surface area contributed by atoms with Gasteiger partial charge < -0.3 is 14.8 Å². The van der Waals surface area contributed by atoms with E-state index in [4.69, 9.17) is 9.47 Å². The number of alkyl carbamates (subject to hydrolysis) is 1. The number of carbonyl (C=O) groups is 3. The number of unbranched alkanes of at least 4 members (excludes halogenated alkanes) is 15. The Balaban J connectivity index is 1.40. The van der Waals surface area contributed by atoms with Crippen LogP contribution in [-0.4, -0.2) is 53.3 Å². The molecule has 0 radical (unpaired) electrons. The zero-order valence-electron chi connectivity index (χ0n) is 27.9. The predicted octanol–water partition coefficient (Wildman–Crippen LogP) is 8.34. The molecule has 2 heterocycles. The molecule has 0 aliphatic carbocycles. The molecule has 1 saturated heterocycles. The number of hydrogen-bond donors (Lipinski definition) is 1. The highest BCUT2D eigenvalue weighted by Gasteiger charge is 2.33. The fourth-order valence-electron chi connectivity index (χ4n) is 5.52. The van der Waals surface area contributed by atoms with Crippen LogP contribution in [0, 0.1) is 0 Å². The number of amides is 3. The van der Waals surface area contributed by atoms with Crippen molar-refractivity contribution in [2.24, 2.45) is 0 Å². The van der Waals surface area contributed by atoms with Crippen molar-refractivity contribution in [3.8, 4) is 0 Å². The normalized spacial score (nSPS) is 15.8. The number of nitrogens with zero attached hydrogens (tertiary/aromatic N) is 2. The molecule has 3 amide bonds. The van der Waals surface area contributed by atoms with Crippen molar-refractivity contribution in [1.29, 1.82) is 0 Å². The molecule has 0 bridgehead atoms. The van der Waals surface area contributed by atoms with Gasteiger partial charge in [-0.25, -0.2) is 19.1 Å². The minimum Gasteiger partial charge on any atom is -0.448 e. The number of thioether (sulfide) groups is 1. The molecule has 1 aliphatic heterocycles. The molecule has 2 rings (SSSR count). The van der Waals surface area contributed by atoms with Crippen LogP contribution in [0.5, 0.6) is 0 Å². The van der Waals surface area contributed by atoms with Crippen LogP contribution in [0.1, 0.15) is 136 Å². The summed E-state index contributed by atoms with van der Waals surface area (Å²) in [5.41, 5.74) is 0.866. The Morgan fingerprint density at radius 3 is 1.86 bits per heavy atom. The summed E-state index contributed by atoms with van der Waals surface area (Å²) in [5, 5.41) is 3.21. The van der Waals surface area contributed by atoms with Crippen molar-refractivity contribution in [3.05, 3.63) is 30.1 Å². The van der Waals surface area contributed by atoms with E-state index >= 15 is 0 Å². The van der Waals surface area contributed by atoms with E-state index in [0.29, 0.717) is 13.2 Å². The number of ether oxygens (including phenoxy) is 2. The molecular formula is C35H60N3O5S+. The number of imide groups is 1. The number of rotatable bonds is 24. The molecule has 8 nitrogen and oxygen atoms in total. The Morgan fingerprint density at radius 2 is 1.34 bits per heavy atom. The summed E-state index contributed by atoms with van der Waals surface area (Å²) in [6.07, 6.45) is 23.1. The molecule has 9 heteroatoms. The Bertz CT molecular complexity index is 941. The predicted molar refractivity (Wildman–Crippen MR) is 179 cm³/mol. The van der Waals surface area contributed by atoms with E-state index in [0.717, 1.165) is 36.4 Å². The highest BCUT2D eigenvalue weighted by molar-refractivity contribution is 8.01. The molecule has 0 unspecified atom stereocenters. The number of carbonyl (C=O) groups excluding carboxylic acids is 3. The van der Waals surface area contributed by atoms with Gasteiger partial charge in [0.05, 0.1) is 0 Å². The summed E-state index contributed by atoms with van der Waals surface area (Å²) >= 11 is 1.65. The summed E-state index contributed by atoms with van der Waals surface area (Å²) in [6.45, 7) is 7.82. The number of aryl methyl sites for hydroxylation is 1. The minimum absolute atomic E-state index is 0.145. The third-order valence-electron chi connectivity index (χ3n) is 8.30. The van der Waals surface area contributed by atoms with Gasteiger partial charge in [0.15, 0.2) is 6.20 Å². The van der Waals surface area contributed by atoms with Gasteiger partial charge in [0, 0.05) is 36.1 Å². The third kappa shape index (κ3) is 16.7. The van der Waals surface area contributed by atoms with Crippen molar-refractivity contribution >= 4 is 29.9 Å². The maximum Gasteiger partial charge on any atom is 0.417 e. The Labute approximate surface area is 271 Å². The van der Waals surface area contributed by atoms with Gasteiger partial charge in [-0.15, -0.1) is 11.8 Å². The monoisotopic (exact) mass is 634 g/mol. The third-order valence-corrected chi connectivity index (χ3v) is 9.73. The largest absolute Gasteiger partial charge is 0.448 e. The lowest BCUT2D eigenvalue weighted by Gasteiger charge is -2.34. The van der Waals surface area contributed by atoms with Crippen molar-refractivity contribution in [2.45, 2.75) is 154 Å². The molecule has 1 fully saturated rings. The standard InChI is InChI=1S/C35H59N3O5S/c1-4-6-7-8-9-10-11-12-13-14-15-16-17-18-19-21-24-36-34(40)42-28-32-26-33(44-32)29-43-35(41)38(30(3)39)27-31-23-20-22-25-37(31)5-2/h20,22-23,25,32-33H,4-19,21,24,26-29H2,1-3H3/p+1/t32-,33-/m1/s1. The first-order valence-corrected chi connectivity index (χ1v) is 18.4. The van der Waals surface area contributed by atoms with Crippen molar-refractivity contribution in [1.82, 2.24) is 10.2 Å². The maximum absolute atomic E-state index is 12.6. The summed E-state index contributed by atoms with van der Waals surface area (Å²) in [6, 6.07) is 5.71. The summed E-state index contributed by atoms with van der Waals surface area (Å²) in [7, 11) is 0. The van der Waals surface area contributed by atoms with E-state index < -0.39 is 6.09 Å². The van der Waals surface area contributed by atoms with Crippen LogP contribution in [0.4, 0.5) is 9.59 Å². The van der Waals surface area contributed by atoms with E-state index in [9.17, 15) is 14.4 Å². The second kappa shape index (κ2) is 24.0. The smallest absolute Gasteiger partial charge is 0.417 e. The van der Waals surface area contributed by atoms with Crippen molar-refractivity contribution < 1.29 is 28.4 Å². The molecule has 0 saturated carbocycles. The van der Waals surface area contributed by atoms with Crippen molar-refractivity contribution in [3.63, 3.8) is 0 Å². The van der Waals surface area contributed by atoms with Gasteiger partial charge in [-0.2, -0.15) is 0 Å². The highest BCUT2D eigenvalue weighted by atomic mass is 32.2. The van der Waals surface area contributed by atoms with Gasteiger partial charge in [0.2, 0.25) is 11.6 Å². The second-order valence-corrected chi connectivity index (χ2v) is 13.7. The molecule has 1 aliphatic rings. The van der Waals surface area contributed by atoms with E-state index in [1.807, 2.05) is 35.9 Å². The van der Waals surface area contributed by atoms with Crippen LogP contribution < -0.4 is 9.88 Å². The zero-order valence-corrected chi connectivity index (χ0v) is 28.7. The van der Waals surface area contributed by atoms with Gasteiger partial charge in [0.25, 0.3) is 0 Å². The number of aromatic nitrogens is 1. The molecule has 2 atom stereocenters. The maximum atomic E-state index is 12.6. The van der Waals surface area contributed by atoms with E-state index in [-0.39, 0.29) is 35.7 Å². The van der Waals surface area contributed by atoms with Gasteiger partial charge in [0.1, 0.15) is 26.3 Å². The van der Waals surface area contributed by atoms with Crippen LogP contribution in [0.15, 0.2) is 24.4 Å². The van der Waals surface area contributed by atoms with Crippen LogP contribution in [-0.2, 0) is 27.4 Å². The summed E-state index contributed by atoms with van der Waals surface area (Å²) in [5.74, 6) is -0.348. The highest BCUT2D eigenvalue weighted by Crippen LogP contribution is 2.37. The molecule has 1 aromatic heterocycles. The average Bonchev–Trinajstić information content (AvgIpc) is 3.00. The lowest BCUT2D eigenvalue weighted by Crippen LogP contribution is -2.44. The van der Waals surface area contributed by atoms with Crippen molar-refractivity contribution in [2.75, 3.05) is 19.8 Å². The number of pyridine rings is 1. The van der Waals surface area contributed by atoms with Crippen LogP contribution in [0.25, 0.3) is 0 Å². The van der Waals surface area contributed by atoms with E-state index in [1.54, 1.807) is 11.8 Å². The van der Waals surface area contributed by atoms with E-state index in [2.05, 4.69) is 12.2 Å². The number of hydrogen-bond acceptors (Lipinski definition) is 6. The van der Waals surface area contributed by atoms with Gasteiger partial charge >= 0.3 is 12.2 Å². The Morgan fingerprint density at radius 1 is 0.818 bits per heavy atom. The molecule has 44 heavy (non-hydrogen) atoms. The quantitative estimate of drug-likeness (QED) is 0.0908. The van der Waals surface area contributed by atoms with Gasteiger partial charge in [-0.05, 0) is 19.8 Å². The van der Waals surface area contributed by atoms with Crippen LogP contribution in [0.3, 0.4) is 0 Å². The van der Waals surface area contributed by atoms with Crippen LogP contribution >= 0.6 is 11.8 Å².